The number of anilines is 1. The average molecular weight is 430 g/mol. The number of carbonyl (C=O) groups excluding carboxylic acids is 1. The molecule has 0 saturated carbocycles. The van der Waals surface area contributed by atoms with Gasteiger partial charge in [0.15, 0.2) is 12.4 Å². The van der Waals surface area contributed by atoms with E-state index < -0.39 is 18.4 Å². The maximum absolute atomic E-state index is 13.9. The minimum atomic E-state index is -3.12. The van der Waals surface area contributed by atoms with Gasteiger partial charge in [0.1, 0.15) is 5.75 Å². The van der Waals surface area contributed by atoms with Crippen LogP contribution in [0.1, 0.15) is 40.4 Å². The molecule has 0 spiro atoms. The van der Waals surface area contributed by atoms with Crippen LogP contribution in [0, 0.1) is 0 Å². The number of alkyl halides is 2. The van der Waals surface area contributed by atoms with Gasteiger partial charge < -0.3 is 19.5 Å². The molecule has 1 amide bonds. The van der Waals surface area contributed by atoms with Crippen LogP contribution in [0.25, 0.3) is 5.65 Å². The highest BCUT2D eigenvalue weighted by molar-refractivity contribution is 6.06. The van der Waals surface area contributed by atoms with E-state index in [1.807, 2.05) is 6.20 Å². The van der Waals surface area contributed by atoms with Gasteiger partial charge in [-0.3, -0.25) is 9.20 Å². The minimum Gasteiger partial charge on any atom is -0.486 e. The summed E-state index contributed by atoms with van der Waals surface area (Å²) in [7, 11) is 1.47. The summed E-state index contributed by atoms with van der Waals surface area (Å²) in [4.78, 5) is 21.8. The quantitative estimate of drug-likeness (QED) is 0.683. The molecule has 0 radical (unpaired) electrons. The molecule has 3 aromatic rings. The van der Waals surface area contributed by atoms with E-state index in [0.29, 0.717) is 18.9 Å². The Bertz CT molecular complexity index is 1160. The number of aromatic nitrogens is 3. The van der Waals surface area contributed by atoms with E-state index in [9.17, 15) is 13.6 Å². The van der Waals surface area contributed by atoms with Gasteiger partial charge in [-0.25, -0.2) is 4.98 Å². The third kappa shape index (κ3) is 3.46. The number of carbonyl (C=O) groups is 1. The van der Waals surface area contributed by atoms with Gasteiger partial charge in [0.2, 0.25) is 5.65 Å². The van der Waals surface area contributed by atoms with Crippen molar-refractivity contribution in [3.8, 4) is 11.6 Å². The summed E-state index contributed by atoms with van der Waals surface area (Å²) >= 11 is 0. The van der Waals surface area contributed by atoms with Crippen LogP contribution < -0.4 is 14.8 Å². The fourth-order valence-electron chi connectivity index (χ4n) is 3.96. The minimum absolute atomic E-state index is 0.0177. The second kappa shape index (κ2) is 7.45. The molecule has 1 saturated heterocycles. The van der Waals surface area contributed by atoms with Crippen molar-refractivity contribution in [2.75, 3.05) is 32.2 Å². The van der Waals surface area contributed by atoms with Crippen LogP contribution in [0.3, 0.4) is 0 Å². The number of halogens is 2. The molecule has 0 atom stereocenters. The number of benzene rings is 1. The molecule has 162 valence electrons. The largest absolute Gasteiger partial charge is 0.486 e. The van der Waals surface area contributed by atoms with Crippen molar-refractivity contribution in [1.82, 2.24) is 14.4 Å². The zero-order chi connectivity index (χ0) is 21.6. The SMILES string of the molecule is COc1nc(NC(=O)c2cccc3c2OCC3(F)F)cn2cc(C3CCOCC3)nc12. The fraction of sp³-hybridized carbons (Fsp3) is 0.381. The molecule has 1 N–H and O–H groups in total. The van der Waals surface area contributed by atoms with Crippen LogP contribution in [0.5, 0.6) is 11.6 Å². The smallest absolute Gasteiger partial charge is 0.310 e. The number of rotatable bonds is 4. The molecular formula is C21H20F2N4O4. The Morgan fingerprint density at radius 1 is 1.26 bits per heavy atom. The Morgan fingerprint density at radius 3 is 2.84 bits per heavy atom. The van der Waals surface area contributed by atoms with Crippen molar-refractivity contribution in [2.24, 2.45) is 0 Å². The second-order valence-electron chi connectivity index (χ2n) is 7.55. The maximum atomic E-state index is 13.9. The number of nitrogens with one attached hydrogen (secondary N) is 1. The summed E-state index contributed by atoms with van der Waals surface area (Å²) in [6.07, 6.45) is 5.26. The number of ether oxygens (including phenoxy) is 3. The predicted octanol–water partition coefficient (Wildman–Crippen LogP) is 3.37. The molecule has 0 aliphatic carbocycles. The second-order valence-corrected chi connectivity index (χ2v) is 7.55. The standard InChI is InChI=1S/C21H20F2N4O4/c1-29-20-18-24-15(12-5-7-30-8-6-12)9-27(18)10-16(26-20)25-19(28)13-3-2-4-14-17(13)31-11-21(14,22)23/h2-4,9-10,12H,5-8,11H2,1H3,(H,25,28). The molecule has 31 heavy (non-hydrogen) atoms. The Balaban J connectivity index is 1.46. The number of hydrogen-bond acceptors (Lipinski definition) is 6. The monoisotopic (exact) mass is 430 g/mol. The van der Waals surface area contributed by atoms with Crippen LogP contribution in [0.4, 0.5) is 14.6 Å². The normalized spacial score (nSPS) is 17.9. The number of nitrogens with zero attached hydrogens (tertiary/aromatic N) is 3. The zero-order valence-corrected chi connectivity index (χ0v) is 16.7. The number of para-hydroxylation sites is 1. The first-order chi connectivity index (χ1) is 15.0. The predicted molar refractivity (Wildman–Crippen MR) is 106 cm³/mol. The summed E-state index contributed by atoms with van der Waals surface area (Å²) in [6, 6.07) is 4.10. The number of hydrogen-bond donors (Lipinski definition) is 1. The zero-order valence-electron chi connectivity index (χ0n) is 16.7. The topological polar surface area (TPSA) is 87.0 Å². The van der Waals surface area contributed by atoms with E-state index in [1.165, 1.54) is 25.3 Å². The van der Waals surface area contributed by atoms with Crippen LogP contribution in [-0.2, 0) is 10.7 Å². The number of amides is 1. The molecule has 8 nitrogen and oxygen atoms in total. The maximum Gasteiger partial charge on any atom is 0.310 e. The molecule has 10 heteroatoms. The van der Waals surface area contributed by atoms with Gasteiger partial charge in [-0.15, -0.1) is 0 Å². The Hall–Kier alpha value is -3.27. The molecule has 0 bridgehead atoms. The molecule has 2 aromatic heterocycles. The van der Waals surface area contributed by atoms with Gasteiger partial charge in [-0.05, 0) is 25.0 Å². The van der Waals surface area contributed by atoms with Gasteiger partial charge in [0.05, 0.1) is 30.1 Å². The molecule has 1 aromatic carbocycles. The summed E-state index contributed by atoms with van der Waals surface area (Å²) < 4.78 is 45.5. The highest BCUT2D eigenvalue weighted by atomic mass is 19.3. The van der Waals surface area contributed by atoms with Crippen molar-refractivity contribution >= 4 is 17.4 Å². The molecule has 5 rings (SSSR count). The van der Waals surface area contributed by atoms with Gasteiger partial charge in [0.25, 0.3) is 11.8 Å². The van der Waals surface area contributed by atoms with Crippen LogP contribution in [-0.4, -0.2) is 47.2 Å². The first-order valence-electron chi connectivity index (χ1n) is 9.93. The van der Waals surface area contributed by atoms with Gasteiger partial charge in [-0.2, -0.15) is 13.8 Å². The Morgan fingerprint density at radius 2 is 2.06 bits per heavy atom. The van der Waals surface area contributed by atoms with Gasteiger partial charge >= 0.3 is 5.92 Å². The number of imidazole rings is 1. The first-order valence-corrected chi connectivity index (χ1v) is 9.93. The fourth-order valence-corrected chi connectivity index (χ4v) is 3.96. The van der Waals surface area contributed by atoms with Crippen LogP contribution >= 0.6 is 0 Å². The van der Waals surface area contributed by atoms with E-state index in [2.05, 4.69) is 15.3 Å². The number of fused-ring (bicyclic) bond motifs is 2. The van der Waals surface area contributed by atoms with E-state index in [0.717, 1.165) is 18.5 Å². The third-order valence-corrected chi connectivity index (χ3v) is 5.55. The van der Waals surface area contributed by atoms with Crippen molar-refractivity contribution in [3.05, 3.63) is 47.4 Å². The summed E-state index contributed by atoms with van der Waals surface area (Å²) in [5, 5.41) is 2.65. The molecule has 4 heterocycles. The first kappa shape index (κ1) is 19.7. The van der Waals surface area contributed by atoms with E-state index in [4.69, 9.17) is 14.2 Å². The van der Waals surface area contributed by atoms with Crippen molar-refractivity contribution in [2.45, 2.75) is 24.7 Å². The van der Waals surface area contributed by atoms with Gasteiger partial charge in [-0.1, -0.05) is 6.07 Å². The van der Waals surface area contributed by atoms with Gasteiger partial charge in [0, 0.05) is 25.3 Å². The van der Waals surface area contributed by atoms with Crippen LogP contribution in [0.15, 0.2) is 30.6 Å². The Labute approximate surface area is 176 Å². The van der Waals surface area contributed by atoms with Crippen molar-refractivity contribution < 1.29 is 27.8 Å². The molecule has 2 aliphatic heterocycles. The lowest BCUT2D eigenvalue weighted by Gasteiger charge is -2.19. The summed E-state index contributed by atoms with van der Waals surface area (Å²) in [6.45, 7) is 0.601. The number of methoxy groups -OCH3 is 1. The molecule has 1 fully saturated rings. The van der Waals surface area contributed by atoms with E-state index in [-0.39, 0.29) is 34.5 Å². The summed E-state index contributed by atoms with van der Waals surface area (Å²) in [5.41, 5.74) is 1.16. The van der Waals surface area contributed by atoms with Crippen molar-refractivity contribution in [3.63, 3.8) is 0 Å². The lowest BCUT2D eigenvalue weighted by atomic mass is 9.97. The van der Waals surface area contributed by atoms with E-state index in [1.54, 1.807) is 10.6 Å². The lowest BCUT2D eigenvalue weighted by Crippen LogP contribution is -2.15. The molecule has 2 aliphatic rings. The lowest BCUT2D eigenvalue weighted by molar-refractivity contribution is -0.0214. The van der Waals surface area contributed by atoms with E-state index >= 15 is 0 Å². The van der Waals surface area contributed by atoms with Crippen LogP contribution in [0.2, 0.25) is 0 Å². The average Bonchev–Trinajstić information content (AvgIpc) is 3.34. The third-order valence-electron chi connectivity index (χ3n) is 5.55. The van der Waals surface area contributed by atoms with Crippen molar-refractivity contribution in [1.29, 1.82) is 0 Å². The highest BCUT2D eigenvalue weighted by Gasteiger charge is 2.43. The Kier molecular flexibility index (Phi) is 4.73. The summed E-state index contributed by atoms with van der Waals surface area (Å²) in [5.74, 6) is -3.11. The highest BCUT2D eigenvalue weighted by Crippen LogP contribution is 2.43. The molecular weight excluding hydrogens is 410 g/mol. The molecule has 0 unspecified atom stereocenters.